The third-order valence-electron chi connectivity index (χ3n) is 2.99. The molecule has 0 saturated carbocycles. The van der Waals surface area contributed by atoms with E-state index in [4.69, 9.17) is 10.9 Å². The van der Waals surface area contributed by atoms with Crippen LogP contribution in [0.2, 0.25) is 0 Å². The van der Waals surface area contributed by atoms with Gasteiger partial charge in [-0.2, -0.15) is 0 Å². The molecule has 0 atom stereocenters. The summed E-state index contributed by atoms with van der Waals surface area (Å²) in [6.45, 7) is 6.20. The number of halogens is 1. The Hall–Kier alpha value is -1.78. The van der Waals surface area contributed by atoms with E-state index in [0.717, 1.165) is 5.56 Å². The van der Waals surface area contributed by atoms with Crippen molar-refractivity contribution in [3.63, 3.8) is 0 Å². The number of hydrogen-bond acceptors (Lipinski definition) is 3. The number of oxime groups is 1. The van der Waals surface area contributed by atoms with E-state index < -0.39 is 5.41 Å². The van der Waals surface area contributed by atoms with E-state index >= 15 is 0 Å². The zero-order chi connectivity index (χ0) is 13.8. The third-order valence-corrected chi connectivity index (χ3v) is 2.99. The fourth-order valence-electron chi connectivity index (χ4n) is 1.55. The molecule has 0 spiro atoms. The Morgan fingerprint density at radius 2 is 2.17 bits per heavy atom. The minimum absolute atomic E-state index is 0.175. The Morgan fingerprint density at radius 3 is 2.78 bits per heavy atom. The molecule has 0 amide bonds. The molecule has 0 saturated heterocycles. The van der Waals surface area contributed by atoms with Gasteiger partial charge in [-0.1, -0.05) is 25.1 Å². The number of nitrogens with two attached hydrogens (primary N) is 1. The molecule has 18 heavy (non-hydrogen) atoms. The molecule has 0 unspecified atom stereocenters. The average molecular weight is 253 g/mol. The van der Waals surface area contributed by atoms with Gasteiger partial charge in [-0.05, 0) is 31.0 Å². The van der Waals surface area contributed by atoms with Crippen molar-refractivity contribution in [2.75, 3.05) is 11.9 Å². The van der Waals surface area contributed by atoms with Crippen molar-refractivity contribution in [2.45, 2.75) is 27.2 Å². The second-order valence-electron chi connectivity index (χ2n) is 5.03. The Balaban J connectivity index is 2.59. The summed E-state index contributed by atoms with van der Waals surface area (Å²) in [6, 6.07) is 4.92. The topological polar surface area (TPSA) is 70.6 Å². The molecule has 100 valence electrons. The van der Waals surface area contributed by atoms with Crippen molar-refractivity contribution in [3.8, 4) is 0 Å². The second-order valence-corrected chi connectivity index (χ2v) is 5.03. The van der Waals surface area contributed by atoms with Crippen molar-refractivity contribution in [2.24, 2.45) is 16.3 Å². The van der Waals surface area contributed by atoms with Crippen LogP contribution in [-0.2, 0) is 0 Å². The molecule has 4 N–H and O–H groups in total. The number of nitrogens with one attached hydrogen (secondary N) is 1. The number of nitrogens with zero attached hydrogens (tertiary/aromatic N) is 1. The van der Waals surface area contributed by atoms with Gasteiger partial charge < -0.3 is 16.3 Å². The summed E-state index contributed by atoms with van der Waals surface area (Å²) >= 11 is 0. The highest BCUT2D eigenvalue weighted by molar-refractivity contribution is 5.85. The molecule has 5 heteroatoms. The normalized spacial score (nSPS) is 12.6. The second kappa shape index (κ2) is 5.71. The molecule has 0 bridgehead atoms. The Morgan fingerprint density at radius 1 is 1.50 bits per heavy atom. The van der Waals surface area contributed by atoms with Crippen LogP contribution in [0.15, 0.2) is 23.4 Å². The lowest BCUT2D eigenvalue weighted by molar-refractivity contribution is 0.306. The van der Waals surface area contributed by atoms with Crippen LogP contribution in [0.3, 0.4) is 0 Å². The predicted octanol–water partition coefficient (Wildman–Crippen LogP) is 2.71. The molecule has 0 fully saturated rings. The molecular weight excluding hydrogens is 233 g/mol. The molecule has 0 aliphatic carbocycles. The zero-order valence-corrected chi connectivity index (χ0v) is 11.0. The molecular formula is C13H20FN3O. The van der Waals surface area contributed by atoms with Crippen LogP contribution in [0.5, 0.6) is 0 Å². The van der Waals surface area contributed by atoms with Crippen LogP contribution in [0, 0.1) is 18.2 Å². The summed E-state index contributed by atoms with van der Waals surface area (Å²) in [7, 11) is 0. The fraction of sp³-hybridized carbons (Fsp3) is 0.462. The molecule has 0 aromatic heterocycles. The Kier molecular flexibility index (Phi) is 4.53. The summed E-state index contributed by atoms with van der Waals surface area (Å²) in [4.78, 5) is 0. The number of aryl methyl sites for hydroxylation is 1. The van der Waals surface area contributed by atoms with E-state index in [9.17, 15) is 4.39 Å². The van der Waals surface area contributed by atoms with Gasteiger partial charge in [0.1, 0.15) is 11.7 Å². The first-order valence-electron chi connectivity index (χ1n) is 5.85. The molecule has 0 aliphatic rings. The van der Waals surface area contributed by atoms with Gasteiger partial charge in [0.2, 0.25) is 0 Å². The van der Waals surface area contributed by atoms with Crippen LogP contribution >= 0.6 is 0 Å². The molecule has 4 nitrogen and oxygen atoms in total. The van der Waals surface area contributed by atoms with Crippen LogP contribution < -0.4 is 11.1 Å². The lowest BCUT2D eigenvalue weighted by atomic mass is 9.88. The molecule has 0 aliphatic heterocycles. The van der Waals surface area contributed by atoms with Gasteiger partial charge >= 0.3 is 0 Å². The first-order valence-corrected chi connectivity index (χ1v) is 5.85. The summed E-state index contributed by atoms with van der Waals surface area (Å²) in [6.07, 6.45) is 0.635. The van der Waals surface area contributed by atoms with Crippen LogP contribution in [0.4, 0.5) is 10.1 Å². The van der Waals surface area contributed by atoms with E-state index in [-0.39, 0.29) is 11.7 Å². The maximum absolute atomic E-state index is 13.5. The maximum Gasteiger partial charge on any atom is 0.146 e. The smallest absolute Gasteiger partial charge is 0.146 e. The van der Waals surface area contributed by atoms with Gasteiger partial charge in [0.25, 0.3) is 0 Å². The fourth-order valence-corrected chi connectivity index (χ4v) is 1.55. The van der Waals surface area contributed by atoms with Gasteiger partial charge in [0.05, 0.1) is 5.69 Å². The van der Waals surface area contributed by atoms with Crippen molar-refractivity contribution in [1.82, 2.24) is 0 Å². The standard InChI is InChI=1S/C13H20FN3O/c1-9-4-5-10(14)11(8-9)16-7-6-13(2,3)12(15)17-18/h4-5,8,16,18H,6-7H2,1-3H3,(H2,15,17). The van der Waals surface area contributed by atoms with Crippen molar-refractivity contribution < 1.29 is 9.60 Å². The number of anilines is 1. The van der Waals surface area contributed by atoms with Crippen molar-refractivity contribution >= 4 is 11.5 Å². The van der Waals surface area contributed by atoms with E-state index in [1.165, 1.54) is 6.07 Å². The predicted molar refractivity (Wildman–Crippen MR) is 71.4 cm³/mol. The lowest BCUT2D eigenvalue weighted by Gasteiger charge is -2.23. The first-order chi connectivity index (χ1) is 8.36. The van der Waals surface area contributed by atoms with Crippen LogP contribution in [0.25, 0.3) is 0 Å². The number of amidine groups is 1. The quantitative estimate of drug-likeness (QED) is 0.327. The van der Waals surface area contributed by atoms with Crippen molar-refractivity contribution in [3.05, 3.63) is 29.6 Å². The minimum Gasteiger partial charge on any atom is -0.409 e. The third kappa shape index (κ3) is 3.61. The van der Waals surface area contributed by atoms with E-state index in [1.807, 2.05) is 20.8 Å². The highest BCUT2D eigenvalue weighted by Crippen LogP contribution is 2.21. The van der Waals surface area contributed by atoms with Gasteiger partial charge in [0, 0.05) is 12.0 Å². The Bertz CT molecular complexity index is 444. The SMILES string of the molecule is Cc1ccc(F)c(NCCC(C)(C)C(N)=NO)c1. The molecule has 0 radical (unpaired) electrons. The summed E-state index contributed by atoms with van der Waals surface area (Å²) in [5, 5.41) is 14.7. The van der Waals surface area contributed by atoms with Crippen molar-refractivity contribution in [1.29, 1.82) is 0 Å². The molecule has 1 rings (SSSR count). The zero-order valence-electron chi connectivity index (χ0n) is 11.0. The lowest BCUT2D eigenvalue weighted by Crippen LogP contribution is -2.33. The monoisotopic (exact) mass is 253 g/mol. The largest absolute Gasteiger partial charge is 0.409 e. The highest BCUT2D eigenvalue weighted by atomic mass is 19.1. The van der Waals surface area contributed by atoms with Crippen LogP contribution in [-0.4, -0.2) is 17.6 Å². The molecule has 1 aromatic rings. The van der Waals surface area contributed by atoms with Crippen LogP contribution in [0.1, 0.15) is 25.8 Å². The van der Waals surface area contributed by atoms with E-state index in [1.54, 1.807) is 12.1 Å². The van der Waals surface area contributed by atoms with Gasteiger partial charge in [-0.3, -0.25) is 0 Å². The van der Waals surface area contributed by atoms with Gasteiger partial charge in [-0.15, -0.1) is 0 Å². The first kappa shape index (κ1) is 14.3. The van der Waals surface area contributed by atoms with Gasteiger partial charge in [-0.25, -0.2) is 4.39 Å². The summed E-state index contributed by atoms with van der Waals surface area (Å²) < 4.78 is 13.5. The summed E-state index contributed by atoms with van der Waals surface area (Å²) in [5.74, 6) is -0.101. The number of benzene rings is 1. The maximum atomic E-state index is 13.5. The number of hydrogen-bond donors (Lipinski definition) is 3. The molecule has 0 heterocycles. The number of rotatable bonds is 5. The average Bonchev–Trinajstić information content (AvgIpc) is 2.32. The van der Waals surface area contributed by atoms with E-state index in [2.05, 4.69) is 10.5 Å². The summed E-state index contributed by atoms with van der Waals surface area (Å²) in [5.41, 5.74) is 6.63. The van der Waals surface area contributed by atoms with E-state index in [0.29, 0.717) is 18.7 Å². The Labute approximate surface area is 107 Å². The molecule has 1 aromatic carbocycles. The minimum atomic E-state index is -0.429. The highest BCUT2D eigenvalue weighted by Gasteiger charge is 2.23. The van der Waals surface area contributed by atoms with Gasteiger partial charge in [0.15, 0.2) is 0 Å².